The van der Waals surface area contributed by atoms with Gasteiger partial charge in [-0.05, 0) is 19.9 Å². The summed E-state index contributed by atoms with van der Waals surface area (Å²) in [6.07, 6.45) is -3.48. The number of halogens is 3. The van der Waals surface area contributed by atoms with Crippen LogP contribution in [0, 0.1) is 0 Å². The highest BCUT2D eigenvalue weighted by atomic mass is 19.4. The second-order valence-electron chi connectivity index (χ2n) is 3.55. The van der Waals surface area contributed by atoms with E-state index in [2.05, 4.69) is 6.58 Å². The van der Waals surface area contributed by atoms with E-state index >= 15 is 0 Å². The molecule has 0 aliphatic rings. The molecule has 0 aliphatic heterocycles. The zero-order valence-corrected chi connectivity index (χ0v) is 9.92. The van der Waals surface area contributed by atoms with Crippen LogP contribution in [0.15, 0.2) is 12.7 Å². The molecule has 0 radical (unpaired) electrons. The quantitative estimate of drug-likeness (QED) is 0.491. The predicted octanol–water partition coefficient (Wildman–Crippen LogP) is 2.38. The lowest BCUT2D eigenvalue weighted by molar-refractivity contribution is -0.144. The van der Waals surface area contributed by atoms with Gasteiger partial charge < -0.3 is 4.74 Å². The number of carbonyl (C=O) groups excluding carboxylic acids is 1. The van der Waals surface area contributed by atoms with Crippen LogP contribution in [0.1, 0.15) is 19.8 Å². The Morgan fingerprint density at radius 3 is 2.59 bits per heavy atom. The number of esters is 1. The Bertz CT molecular complexity index is 241. The summed E-state index contributed by atoms with van der Waals surface area (Å²) in [5.41, 5.74) is 0. The van der Waals surface area contributed by atoms with Crippen molar-refractivity contribution in [1.29, 1.82) is 0 Å². The molecule has 0 aliphatic carbocycles. The fourth-order valence-electron chi connectivity index (χ4n) is 1.31. The summed E-state index contributed by atoms with van der Waals surface area (Å²) in [7, 11) is 0. The molecule has 100 valence electrons. The predicted molar refractivity (Wildman–Crippen MR) is 58.6 cm³/mol. The minimum Gasteiger partial charge on any atom is -0.465 e. The number of alkyl halides is 3. The summed E-state index contributed by atoms with van der Waals surface area (Å²) in [6, 6.07) is 0. The van der Waals surface area contributed by atoms with Gasteiger partial charge in [-0.2, -0.15) is 13.2 Å². The van der Waals surface area contributed by atoms with E-state index in [0.29, 0.717) is 6.54 Å². The molecule has 0 aromatic heterocycles. The number of ether oxygens (including phenoxy) is 1. The Kier molecular flexibility index (Phi) is 7.61. The lowest BCUT2D eigenvalue weighted by Gasteiger charge is -2.19. The van der Waals surface area contributed by atoms with E-state index < -0.39 is 18.6 Å². The first-order valence-corrected chi connectivity index (χ1v) is 5.44. The third-order valence-corrected chi connectivity index (χ3v) is 1.98. The number of carbonyl (C=O) groups is 1. The largest absolute Gasteiger partial charge is 0.465 e. The molecule has 0 saturated carbocycles. The lowest BCUT2D eigenvalue weighted by Crippen LogP contribution is -2.32. The average molecular weight is 253 g/mol. The van der Waals surface area contributed by atoms with Crippen LogP contribution in [0.5, 0.6) is 0 Å². The molecule has 6 heteroatoms. The summed E-state index contributed by atoms with van der Waals surface area (Å²) >= 11 is 0. The van der Waals surface area contributed by atoms with Gasteiger partial charge in [-0.15, -0.1) is 6.58 Å². The van der Waals surface area contributed by atoms with E-state index in [1.165, 1.54) is 0 Å². The molecule has 0 saturated heterocycles. The lowest BCUT2D eigenvalue weighted by atomic mass is 10.3. The Hall–Kier alpha value is -1.04. The minimum atomic E-state index is -4.15. The van der Waals surface area contributed by atoms with Crippen molar-refractivity contribution in [3.05, 3.63) is 12.7 Å². The molecule has 0 fully saturated rings. The van der Waals surface area contributed by atoms with Crippen LogP contribution in [0.2, 0.25) is 0 Å². The summed E-state index contributed by atoms with van der Waals surface area (Å²) < 4.78 is 40.6. The zero-order chi connectivity index (χ0) is 13.3. The van der Waals surface area contributed by atoms with Crippen LogP contribution in [0.25, 0.3) is 0 Å². The second kappa shape index (κ2) is 8.11. The normalized spacial score (nSPS) is 11.6. The van der Waals surface area contributed by atoms with Crippen LogP contribution in [0.3, 0.4) is 0 Å². The molecule has 0 aromatic rings. The first-order valence-electron chi connectivity index (χ1n) is 5.44. The fraction of sp³-hybridized carbons (Fsp3) is 0.727. The highest BCUT2D eigenvalue weighted by Crippen LogP contribution is 2.21. The fourth-order valence-corrected chi connectivity index (χ4v) is 1.31. The Morgan fingerprint density at radius 1 is 1.47 bits per heavy atom. The van der Waals surface area contributed by atoms with Gasteiger partial charge in [0.2, 0.25) is 0 Å². The molecule has 0 unspecified atom stereocenters. The van der Waals surface area contributed by atoms with Gasteiger partial charge in [0.25, 0.3) is 0 Å². The third-order valence-electron chi connectivity index (χ3n) is 1.98. The molecule has 17 heavy (non-hydrogen) atoms. The smallest absolute Gasteiger partial charge is 0.389 e. The van der Waals surface area contributed by atoms with Gasteiger partial charge in [0, 0.05) is 13.0 Å². The summed E-state index contributed by atoms with van der Waals surface area (Å²) in [4.78, 5) is 12.7. The van der Waals surface area contributed by atoms with E-state index in [0.717, 1.165) is 0 Å². The Balaban J connectivity index is 3.97. The van der Waals surface area contributed by atoms with Gasteiger partial charge >= 0.3 is 12.1 Å². The van der Waals surface area contributed by atoms with Gasteiger partial charge in [-0.25, -0.2) is 0 Å². The topological polar surface area (TPSA) is 29.5 Å². The van der Waals surface area contributed by atoms with Crippen molar-refractivity contribution >= 4 is 5.97 Å². The molecular formula is C11H18F3NO2. The minimum absolute atomic E-state index is 0.00226. The number of hydrogen-bond donors (Lipinski definition) is 0. The molecule has 0 bridgehead atoms. The molecule has 0 aromatic carbocycles. The van der Waals surface area contributed by atoms with Crippen molar-refractivity contribution in [1.82, 2.24) is 4.90 Å². The van der Waals surface area contributed by atoms with E-state index in [-0.39, 0.29) is 26.1 Å². The van der Waals surface area contributed by atoms with Crippen molar-refractivity contribution in [2.24, 2.45) is 0 Å². The number of rotatable bonds is 8. The van der Waals surface area contributed by atoms with Gasteiger partial charge in [0.05, 0.1) is 13.2 Å². The maximum absolute atomic E-state index is 11.9. The highest BCUT2D eigenvalue weighted by molar-refractivity contribution is 5.71. The van der Waals surface area contributed by atoms with Crippen LogP contribution in [-0.4, -0.2) is 43.3 Å². The second-order valence-corrected chi connectivity index (χ2v) is 3.55. The molecule has 0 atom stereocenters. The maximum Gasteiger partial charge on any atom is 0.389 e. The van der Waals surface area contributed by atoms with Gasteiger partial charge in [-0.1, -0.05) is 6.08 Å². The molecule has 0 spiro atoms. The van der Waals surface area contributed by atoms with Gasteiger partial charge in [0.1, 0.15) is 0 Å². The zero-order valence-electron chi connectivity index (χ0n) is 9.92. The van der Waals surface area contributed by atoms with Crippen LogP contribution in [-0.2, 0) is 9.53 Å². The molecule has 0 amide bonds. The van der Waals surface area contributed by atoms with E-state index in [1.807, 2.05) is 0 Å². The monoisotopic (exact) mass is 253 g/mol. The van der Waals surface area contributed by atoms with Crippen LogP contribution < -0.4 is 0 Å². The summed E-state index contributed by atoms with van der Waals surface area (Å²) in [5.74, 6) is -0.429. The number of nitrogens with zero attached hydrogens (tertiary/aromatic N) is 1. The van der Waals surface area contributed by atoms with Crippen LogP contribution in [0.4, 0.5) is 13.2 Å². The van der Waals surface area contributed by atoms with Crippen LogP contribution >= 0.6 is 0 Å². The molecule has 0 rings (SSSR count). The van der Waals surface area contributed by atoms with Gasteiger partial charge in [-0.3, -0.25) is 9.69 Å². The van der Waals surface area contributed by atoms with Crippen molar-refractivity contribution in [2.75, 3.05) is 26.2 Å². The molecule has 0 heterocycles. The molecular weight excluding hydrogens is 235 g/mol. The average Bonchev–Trinajstić information content (AvgIpc) is 2.16. The Morgan fingerprint density at radius 2 is 2.12 bits per heavy atom. The Labute approximate surface area is 99.2 Å². The number of hydrogen-bond acceptors (Lipinski definition) is 3. The van der Waals surface area contributed by atoms with Crippen molar-refractivity contribution in [3.8, 4) is 0 Å². The third kappa shape index (κ3) is 9.86. The molecule has 0 N–H and O–H groups in total. The van der Waals surface area contributed by atoms with Gasteiger partial charge in [0.15, 0.2) is 0 Å². The first kappa shape index (κ1) is 16.0. The summed E-state index contributed by atoms with van der Waals surface area (Å²) in [5, 5.41) is 0. The SMILES string of the molecule is C=CCN(CCCC(F)(F)F)CC(=O)OCC. The summed E-state index contributed by atoms with van der Waals surface area (Å²) in [6.45, 7) is 6.01. The van der Waals surface area contributed by atoms with E-state index in [9.17, 15) is 18.0 Å². The van der Waals surface area contributed by atoms with E-state index in [1.54, 1.807) is 17.9 Å². The van der Waals surface area contributed by atoms with Crippen molar-refractivity contribution in [2.45, 2.75) is 25.9 Å². The standard InChI is InChI=1S/C11H18F3NO2/c1-3-7-15(9-10(16)17-4-2)8-5-6-11(12,13)14/h3H,1,4-9H2,2H3. The highest BCUT2D eigenvalue weighted by Gasteiger charge is 2.26. The molecule has 3 nitrogen and oxygen atoms in total. The van der Waals surface area contributed by atoms with Crippen molar-refractivity contribution < 1.29 is 22.7 Å². The van der Waals surface area contributed by atoms with E-state index in [4.69, 9.17) is 4.74 Å². The van der Waals surface area contributed by atoms with Crippen molar-refractivity contribution in [3.63, 3.8) is 0 Å². The maximum atomic E-state index is 11.9. The first-order chi connectivity index (χ1) is 7.89.